The van der Waals surface area contributed by atoms with Crippen LogP contribution in [0.5, 0.6) is 0 Å². The fourth-order valence-corrected chi connectivity index (χ4v) is 17.6. The molecule has 85 heavy (non-hydrogen) atoms. The number of esters is 1. The number of ether oxygens (including phenoxy) is 10. The smallest absolute Gasteiger partial charge is 0.317 e. The second kappa shape index (κ2) is 23.7. The number of carbonyl (C=O) groups is 1. The Balaban J connectivity index is 0.856. The molecule has 5 aliphatic heterocycles. The summed E-state index contributed by atoms with van der Waals surface area (Å²) in [6.07, 6.45) is -32.3. The second-order valence-electron chi connectivity index (χ2n) is 28.4. The lowest BCUT2D eigenvalue weighted by Gasteiger charge is -2.72. The minimum absolute atomic E-state index is 0.123. The molecule has 5 saturated heterocycles. The summed E-state index contributed by atoms with van der Waals surface area (Å²) in [7, 11) is 0. The van der Waals surface area contributed by atoms with Crippen LogP contribution in [0, 0.1) is 50.2 Å². The third kappa shape index (κ3) is 10.6. The van der Waals surface area contributed by atoms with Gasteiger partial charge in [-0.1, -0.05) is 53.2 Å². The number of allylic oxidation sites excluding steroid dienone is 2. The number of carbonyl (C=O) groups excluding carboxylic acids is 1. The standard InChI is InChI=1S/C58H94O27/c1-23-33(64)37(68)43(83-47-41(72)38(69)42(24(2)79-47)82-46-39(70)35(66)29(19-76-46)81-50-44(73)57(75,21-61)22-77-50)49(78-23)85-51(74)58-14-13-52(3,4)15-26(58)25-9-10-31-53(5)16-27(62)45(84-48-40(71)36(67)34(65)28(18-59)80-48)54(6,20-60)30(53)11-12-55(31,7)56(25,8)17-32(58)63/h9,23-24,26-50,59-73,75H,10-22H2,1-8H3/t23-,24+,26+,27+,28-,29-,30-,31-,32-,33+,34-,35+,36+,37+,38+,39-,40-,41-,42+,43-,44+,45+,46+,47+,48+,49+,50+,53+,54+,55-,56-,57-,58-/m1/s1. The summed E-state index contributed by atoms with van der Waals surface area (Å²) >= 11 is 0. The number of hydrogen-bond donors (Lipinski definition) is 16. The quantitative estimate of drug-likeness (QED) is 0.0475. The first kappa shape index (κ1) is 66.1. The molecule has 488 valence electrons. The van der Waals surface area contributed by atoms with Crippen molar-refractivity contribution >= 4 is 5.97 Å². The molecule has 0 aromatic heterocycles. The minimum Gasteiger partial charge on any atom is -0.432 e. The van der Waals surface area contributed by atoms with Crippen LogP contribution in [-0.4, -0.2) is 274 Å². The number of rotatable bonds is 13. The molecule has 27 heteroatoms. The first-order chi connectivity index (χ1) is 39.7. The van der Waals surface area contributed by atoms with E-state index in [0.29, 0.717) is 32.1 Å². The molecule has 27 nitrogen and oxygen atoms in total. The van der Waals surface area contributed by atoms with Crippen LogP contribution < -0.4 is 0 Å². The lowest BCUT2D eigenvalue weighted by Crippen LogP contribution is -2.70. The molecule has 5 aliphatic carbocycles. The van der Waals surface area contributed by atoms with Crippen LogP contribution in [0.4, 0.5) is 0 Å². The topological polar surface area (TPSA) is 433 Å². The average molecular weight is 1220 g/mol. The molecular weight excluding hydrogens is 1130 g/mol. The first-order valence-corrected chi connectivity index (χ1v) is 30.2. The Kier molecular flexibility index (Phi) is 18.5. The van der Waals surface area contributed by atoms with Crippen LogP contribution in [0.3, 0.4) is 0 Å². The number of hydrogen-bond acceptors (Lipinski definition) is 27. The van der Waals surface area contributed by atoms with E-state index in [2.05, 4.69) is 40.7 Å². The zero-order chi connectivity index (χ0) is 62.2. The van der Waals surface area contributed by atoms with Crippen LogP contribution in [0.2, 0.25) is 0 Å². The lowest BCUT2D eigenvalue weighted by atomic mass is 9.33. The van der Waals surface area contributed by atoms with E-state index in [1.807, 2.05) is 6.92 Å². The Morgan fingerprint density at radius 2 is 1.25 bits per heavy atom. The second-order valence-corrected chi connectivity index (χ2v) is 28.4. The summed E-state index contributed by atoms with van der Waals surface area (Å²) in [6, 6.07) is 0. The fraction of sp³-hybridized carbons (Fsp3) is 0.948. The van der Waals surface area contributed by atoms with E-state index in [-0.39, 0.29) is 36.5 Å². The third-order valence-electron chi connectivity index (χ3n) is 22.9. The van der Waals surface area contributed by atoms with Gasteiger partial charge in [-0.15, -0.1) is 0 Å². The molecule has 0 unspecified atom stereocenters. The zero-order valence-electron chi connectivity index (χ0n) is 49.5. The highest BCUT2D eigenvalue weighted by Crippen LogP contribution is 2.76. The highest BCUT2D eigenvalue weighted by Gasteiger charge is 2.73. The predicted octanol–water partition coefficient (Wildman–Crippen LogP) is -3.96. The van der Waals surface area contributed by atoms with Crippen molar-refractivity contribution in [1.82, 2.24) is 0 Å². The van der Waals surface area contributed by atoms with Crippen LogP contribution in [-0.2, 0) is 52.2 Å². The van der Waals surface area contributed by atoms with Gasteiger partial charge in [-0.3, -0.25) is 4.79 Å². The van der Waals surface area contributed by atoms with Crippen LogP contribution in [0.1, 0.15) is 107 Å². The van der Waals surface area contributed by atoms with Crippen molar-refractivity contribution in [3.8, 4) is 0 Å². The summed E-state index contributed by atoms with van der Waals surface area (Å²) in [5.41, 5.74) is -6.01. The summed E-state index contributed by atoms with van der Waals surface area (Å²) < 4.78 is 59.0. The minimum atomic E-state index is -2.02. The molecule has 10 aliphatic rings. The average Bonchev–Trinajstić information content (AvgIpc) is 3.08. The van der Waals surface area contributed by atoms with E-state index >= 15 is 4.79 Å². The van der Waals surface area contributed by atoms with Gasteiger partial charge in [-0.2, -0.15) is 0 Å². The molecule has 0 amide bonds. The molecule has 9 fully saturated rings. The molecule has 0 radical (unpaired) electrons. The Hall–Kier alpha value is -1.79. The summed E-state index contributed by atoms with van der Waals surface area (Å²) in [6.45, 7) is 12.5. The van der Waals surface area contributed by atoms with Gasteiger partial charge in [0.05, 0.1) is 63.6 Å². The molecule has 16 N–H and O–H groups in total. The highest BCUT2D eigenvalue weighted by atomic mass is 16.8. The van der Waals surface area contributed by atoms with Crippen molar-refractivity contribution in [1.29, 1.82) is 0 Å². The normalized spacial score (nSPS) is 56.0. The van der Waals surface area contributed by atoms with Crippen LogP contribution in [0.15, 0.2) is 11.6 Å². The van der Waals surface area contributed by atoms with E-state index in [0.717, 1.165) is 5.57 Å². The van der Waals surface area contributed by atoms with Gasteiger partial charge in [0, 0.05) is 5.41 Å². The monoisotopic (exact) mass is 1220 g/mol. The van der Waals surface area contributed by atoms with E-state index < -0.39 is 225 Å². The molecule has 4 saturated carbocycles. The number of aliphatic hydroxyl groups excluding tert-OH is 15. The Labute approximate surface area is 493 Å². The van der Waals surface area contributed by atoms with Gasteiger partial charge in [0.2, 0.25) is 6.29 Å². The number of fused-ring (bicyclic) bond motifs is 7. The van der Waals surface area contributed by atoms with Crippen molar-refractivity contribution in [2.24, 2.45) is 50.2 Å². The molecule has 5 heterocycles. The Morgan fingerprint density at radius 1 is 0.612 bits per heavy atom. The fourth-order valence-electron chi connectivity index (χ4n) is 17.6. The van der Waals surface area contributed by atoms with Gasteiger partial charge in [-0.25, -0.2) is 0 Å². The molecule has 33 atom stereocenters. The van der Waals surface area contributed by atoms with E-state index in [9.17, 15) is 81.7 Å². The first-order valence-electron chi connectivity index (χ1n) is 30.2. The van der Waals surface area contributed by atoms with E-state index in [1.165, 1.54) is 13.8 Å². The van der Waals surface area contributed by atoms with Crippen molar-refractivity contribution < 1.29 is 134 Å². The van der Waals surface area contributed by atoms with Crippen LogP contribution in [0.25, 0.3) is 0 Å². The lowest BCUT2D eigenvalue weighted by molar-refractivity contribution is -0.375. The maximum Gasteiger partial charge on any atom is 0.317 e. The van der Waals surface area contributed by atoms with Crippen molar-refractivity contribution in [3.05, 3.63) is 11.6 Å². The SMILES string of the molecule is C[C@@H]1O[C@@H](O[C@H]2[C@H](OC(=O)[C@]34CCC(C)(C)C[C@H]3C3=CC[C@@H]5[C@@]6(C)C[C@H](O)[C@H](O[C@@H]7O[C@H](CO)[C@@H](O)[C@H](O)[C@H]7O)[C@@](C)(CO)[C@@H]6CC[C@@]5(C)[C@]3(C)C[C@H]4O)O[C@H](C)[C@H](O)[C@@H]2O)[C@H](O)[C@H](O)[C@H]1O[C@@H]1OC[C@@H](O[C@@H]2OC[C@](O)(CO)[C@H]2O)[C@H](O)[C@H]1O. The highest BCUT2D eigenvalue weighted by molar-refractivity contribution is 5.80. The van der Waals surface area contributed by atoms with Gasteiger partial charge in [0.15, 0.2) is 31.3 Å². The third-order valence-corrected chi connectivity index (χ3v) is 22.9. The maximum atomic E-state index is 15.5. The van der Waals surface area contributed by atoms with Gasteiger partial charge in [0.1, 0.15) is 90.4 Å². The van der Waals surface area contributed by atoms with Crippen molar-refractivity contribution in [2.45, 2.75) is 260 Å². The summed E-state index contributed by atoms with van der Waals surface area (Å²) in [5, 5.41) is 177. The Morgan fingerprint density at radius 3 is 1.91 bits per heavy atom. The molecule has 0 spiro atoms. The molecule has 0 bridgehead atoms. The van der Waals surface area contributed by atoms with Gasteiger partial charge < -0.3 is 129 Å². The van der Waals surface area contributed by atoms with Gasteiger partial charge in [0.25, 0.3) is 0 Å². The van der Waals surface area contributed by atoms with Gasteiger partial charge in [-0.05, 0) is 105 Å². The van der Waals surface area contributed by atoms with E-state index in [4.69, 9.17) is 47.4 Å². The molecule has 0 aromatic carbocycles. The Bertz CT molecular complexity index is 2400. The van der Waals surface area contributed by atoms with Gasteiger partial charge >= 0.3 is 5.97 Å². The zero-order valence-corrected chi connectivity index (χ0v) is 49.5. The molecular formula is C58H94O27. The van der Waals surface area contributed by atoms with Crippen molar-refractivity contribution in [2.75, 3.05) is 33.0 Å². The maximum absolute atomic E-state index is 15.5. The summed E-state index contributed by atoms with van der Waals surface area (Å²) in [5.74, 6) is -1.84. The van der Waals surface area contributed by atoms with Crippen LogP contribution >= 0.6 is 0 Å². The predicted molar refractivity (Wildman–Crippen MR) is 285 cm³/mol. The molecule has 0 aromatic rings. The summed E-state index contributed by atoms with van der Waals surface area (Å²) in [4.78, 5) is 15.5. The number of aliphatic hydroxyl groups is 16. The largest absolute Gasteiger partial charge is 0.432 e. The van der Waals surface area contributed by atoms with Crippen molar-refractivity contribution in [3.63, 3.8) is 0 Å². The van der Waals surface area contributed by atoms with E-state index in [1.54, 1.807) is 0 Å². The molecule has 10 rings (SSSR count).